The van der Waals surface area contributed by atoms with E-state index in [1.165, 1.54) is 32.0 Å². The van der Waals surface area contributed by atoms with Gasteiger partial charge in [-0.15, -0.1) is 5.10 Å². The van der Waals surface area contributed by atoms with Gasteiger partial charge in [-0.25, -0.2) is 19.6 Å². The summed E-state index contributed by atoms with van der Waals surface area (Å²) in [5.41, 5.74) is 2.47. The predicted octanol–water partition coefficient (Wildman–Crippen LogP) is 5.95. The predicted molar refractivity (Wildman–Crippen MR) is 185 cm³/mol. The molecule has 0 amide bonds. The van der Waals surface area contributed by atoms with Gasteiger partial charge in [-0.05, 0) is 70.1 Å². The highest BCUT2D eigenvalue weighted by Crippen LogP contribution is 2.39. The van der Waals surface area contributed by atoms with Crippen molar-refractivity contribution in [1.29, 1.82) is 0 Å². The lowest BCUT2D eigenvalue weighted by molar-refractivity contribution is -0.0458. The first-order valence-corrected chi connectivity index (χ1v) is 17.8. The molecule has 5 heterocycles. The molecular weight excluding hydrogens is 646 g/mol. The van der Waals surface area contributed by atoms with E-state index >= 15 is 0 Å². The van der Waals surface area contributed by atoms with Crippen LogP contribution in [0.25, 0.3) is 11.1 Å². The Balaban J connectivity index is 1.02. The van der Waals surface area contributed by atoms with E-state index < -0.39 is 0 Å². The molecule has 2 bridgehead atoms. The largest absolute Gasteiger partial charge is 0.487 e. The lowest BCUT2D eigenvalue weighted by Gasteiger charge is -2.43. The fraction of sp³-hybridized carbons (Fsp3) is 0.571. The van der Waals surface area contributed by atoms with E-state index in [0.717, 1.165) is 49.3 Å². The molecule has 1 saturated carbocycles. The molecule has 0 spiro atoms. The van der Waals surface area contributed by atoms with Gasteiger partial charge in [-0.2, -0.15) is 5.10 Å². The Morgan fingerprint density at radius 1 is 0.959 bits per heavy atom. The van der Waals surface area contributed by atoms with Gasteiger partial charge in [0.15, 0.2) is 0 Å². The first kappa shape index (κ1) is 33.7. The third-order valence-electron chi connectivity index (χ3n) is 10.0. The first-order chi connectivity index (χ1) is 23.9. The molecule has 1 unspecified atom stereocenters. The van der Waals surface area contributed by atoms with Crippen LogP contribution < -0.4 is 14.8 Å². The van der Waals surface area contributed by atoms with Gasteiger partial charge >= 0.3 is 0 Å². The number of aromatic nitrogens is 7. The number of benzene rings is 1. The summed E-state index contributed by atoms with van der Waals surface area (Å²) < 4.78 is 27.4. The summed E-state index contributed by atoms with van der Waals surface area (Å²) in [6.45, 7) is 6.81. The van der Waals surface area contributed by atoms with Gasteiger partial charge in [-0.1, -0.05) is 17.7 Å². The molecule has 1 aromatic carbocycles. The summed E-state index contributed by atoms with van der Waals surface area (Å²) in [5.74, 6) is 1.58. The number of nitrogens with zero attached hydrogens (tertiary/aromatic N) is 8. The molecule has 14 heteroatoms. The summed E-state index contributed by atoms with van der Waals surface area (Å²) in [4.78, 5) is 16.0. The smallest absolute Gasteiger partial charge is 0.256 e. The summed E-state index contributed by atoms with van der Waals surface area (Å²) in [7, 11) is 1.71. The lowest BCUT2D eigenvalue weighted by atomic mass is 9.89. The van der Waals surface area contributed by atoms with Crippen LogP contribution in [0.2, 0.25) is 5.02 Å². The van der Waals surface area contributed by atoms with E-state index in [0.29, 0.717) is 59.9 Å². The SMILES string of the molecule is COC(C)CCOc1nn([C@H]2CC[C@H](N3[C@@H]4CC[C@H]3COC4)CC2)cc1Nc1ncc(-c2ccc(Cl)c(O[C@@H](C)Cn3cncn3)c2)cn1. The van der Waals surface area contributed by atoms with Gasteiger partial charge in [-0.3, -0.25) is 9.58 Å². The Bertz CT molecular complexity index is 1630. The second-order valence-electron chi connectivity index (χ2n) is 13.5. The van der Waals surface area contributed by atoms with Crippen molar-refractivity contribution in [3.63, 3.8) is 0 Å². The number of morpholine rings is 1. The molecule has 13 nitrogen and oxygen atoms in total. The van der Waals surface area contributed by atoms with E-state index in [4.69, 9.17) is 35.6 Å². The number of rotatable bonds is 14. The summed E-state index contributed by atoms with van der Waals surface area (Å²) >= 11 is 6.48. The van der Waals surface area contributed by atoms with Gasteiger partial charge in [0.05, 0.1) is 49.7 Å². The zero-order chi connectivity index (χ0) is 33.7. The van der Waals surface area contributed by atoms with Crippen LogP contribution in [0, 0.1) is 0 Å². The fourth-order valence-electron chi connectivity index (χ4n) is 7.35. The van der Waals surface area contributed by atoms with Crippen molar-refractivity contribution in [3.8, 4) is 22.8 Å². The standard InChI is InChI=1S/C35H46ClN9O4/c1-23(46-3)12-13-48-34-32(18-44(42-34)27-5-7-28(8-6-27)45-29-9-10-30(45)20-47-19-29)41-35-38-15-26(16-39-35)25-4-11-31(36)33(14-25)49-24(2)17-43-22-37-21-40-43/h4,11,14-16,18,21-24,27-30H,5-10,12-13,17,19-20H2,1-3H3,(H,38,39,41)/t23?,24-,27-,28-,29-,30+/m0/s1. The zero-order valence-corrected chi connectivity index (χ0v) is 29.2. The lowest BCUT2D eigenvalue weighted by Crippen LogP contribution is -2.52. The van der Waals surface area contributed by atoms with Crippen LogP contribution in [0.15, 0.2) is 49.4 Å². The maximum atomic E-state index is 6.48. The Labute approximate surface area is 292 Å². The number of halogens is 1. The van der Waals surface area contributed by atoms with Crippen molar-refractivity contribution in [1.82, 2.24) is 39.4 Å². The van der Waals surface area contributed by atoms with Crippen LogP contribution in [0.1, 0.15) is 64.8 Å². The van der Waals surface area contributed by atoms with Gasteiger partial charge < -0.3 is 24.3 Å². The third kappa shape index (κ3) is 8.01. The minimum atomic E-state index is -0.165. The number of methoxy groups -OCH3 is 1. The van der Waals surface area contributed by atoms with E-state index in [2.05, 4.69) is 34.9 Å². The molecule has 4 atom stereocenters. The van der Waals surface area contributed by atoms with Gasteiger partial charge in [0, 0.05) is 49.6 Å². The van der Waals surface area contributed by atoms with Crippen molar-refractivity contribution in [3.05, 3.63) is 54.5 Å². The van der Waals surface area contributed by atoms with E-state index in [9.17, 15) is 0 Å². The Hall–Kier alpha value is -3.78. The number of hydrogen-bond donors (Lipinski definition) is 1. The van der Waals surface area contributed by atoms with E-state index in [-0.39, 0.29) is 12.2 Å². The molecule has 2 aliphatic heterocycles. The van der Waals surface area contributed by atoms with Gasteiger partial charge in [0.2, 0.25) is 5.95 Å². The van der Waals surface area contributed by atoms with Crippen LogP contribution in [-0.4, -0.2) is 96.7 Å². The maximum absolute atomic E-state index is 6.48. The normalized spacial score (nSPS) is 23.7. The van der Waals surface area contributed by atoms with Crippen LogP contribution in [0.3, 0.4) is 0 Å². The topological polar surface area (TPSA) is 127 Å². The molecule has 7 rings (SSSR count). The highest BCUT2D eigenvalue weighted by molar-refractivity contribution is 6.32. The quantitative estimate of drug-likeness (QED) is 0.169. The summed E-state index contributed by atoms with van der Waals surface area (Å²) in [6.07, 6.45) is 16.5. The van der Waals surface area contributed by atoms with Crippen molar-refractivity contribution < 1.29 is 18.9 Å². The monoisotopic (exact) mass is 691 g/mol. The molecule has 4 aromatic rings. The molecule has 3 aromatic heterocycles. The first-order valence-electron chi connectivity index (χ1n) is 17.4. The average molecular weight is 692 g/mol. The third-order valence-corrected chi connectivity index (χ3v) is 10.3. The van der Waals surface area contributed by atoms with Crippen molar-refractivity contribution in [2.45, 2.75) is 102 Å². The fourth-order valence-corrected chi connectivity index (χ4v) is 7.51. The highest BCUT2D eigenvalue weighted by atomic mass is 35.5. The van der Waals surface area contributed by atoms with E-state index in [1.807, 2.05) is 38.2 Å². The molecule has 1 N–H and O–H groups in total. The second-order valence-corrected chi connectivity index (χ2v) is 13.9. The highest BCUT2D eigenvalue weighted by Gasteiger charge is 2.42. The Morgan fingerprint density at radius 3 is 2.41 bits per heavy atom. The molecule has 0 radical (unpaired) electrons. The minimum Gasteiger partial charge on any atom is -0.487 e. The summed E-state index contributed by atoms with van der Waals surface area (Å²) in [5, 5.41) is 13.0. The maximum Gasteiger partial charge on any atom is 0.256 e. The van der Waals surface area contributed by atoms with Gasteiger partial charge in [0.1, 0.15) is 30.2 Å². The average Bonchev–Trinajstić information content (AvgIpc) is 3.84. The second kappa shape index (κ2) is 15.4. The molecule has 49 heavy (non-hydrogen) atoms. The Morgan fingerprint density at radius 2 is 1.69 bits per heavy atom. The number of fused-ring (bicyclic) bond motifs is 2. The van der Waals surface area contributed by atoms with Crippen molar-refractivity contribution in [2.75, 3.05) is 32.2 Å². The van der Waals surface area contributed by atoms with Crippen molar-refractivity contribution in [2.24, 2.45) is 0 Å². The molecule has 2 saturated heterocycles. The molecule has 1 aliphatic carbocycles. The van der Waals surface area contributed by atoms with Crippen molar-refractivity contribution >= 4 is 23.2 Å². The zero-order valence-electron chi connectivity index (χ0n) is 28.4. The van der Waals surface area contributed by atoms with Crippen LogP contribution >= 0.6 is 11.6 Å². The van der Waals surface area contributed by atoms with Gasteiger partial charge in [0.25, 0.3) is 5.88 Å². The molecule has 262 valence electrons. The number of hydrogen-bond acceptors (Lipinski definition) is 11. The Kier molecular flexibility index (Phi) is 10.6. The number of ether oxygens (including phenoxy) is 4. The summed E-state index contributed by atoms with van der Waals surface area (Å²) in [6, 6.07) is 7.79. The number of anilines is 2. The minimum absolute atomic E-state index is 0.0934. The van der Waals surface area contributed by atoms with Crippen LogP contribution in [-0.2, 0) is 16.0 Å². The van der Waals surface area contributed by atoms with Crippen LogP contribution in [0.4, 0.5) is 11.6 Å². The molecule has 3 fully saturated rings. The van der Waals surface area contributed by atoms with E-state index in [1.54, 1.807) is 30.5 Å². The molecular formula is C35H46ClN9O4. The molecule has 3 aliphatic rings. The van der Waals surface area contributed by atoms with Crippen LogP contribution in [0.5, 0.6) is 11.6 Å². The number of nitrogens with one attached hydrogen (secondary N) is 1.